The Balaban J connectivity index is 2.41. The maximum Gasteiger partial charge on any atom is 0.225 e. The Morgan fingerprint density at radius 1 is 1.09 bits per heavy atom. The highest BCUT2D eigenvalue weighted by Gasteiger charge is 2.20. The van der Waals surface area contributed by atoms with Crippen LogP contribution in [-0.2, 0) is 9.59 Å². The van der Waals surface area contributed by atoms with Gasteiger partial charge in [0.1, 0.15) is 0 Å². The summed E-state index contributed by atoms with van der Waals surface area (Å²) >= 11 is 0. The van der Waals surface area contributed by atoms with E-state index in [1.54, 1.807) is 32.4 Å². The number of nitrogens with one attached hydrogen (secondary N) is 2. The molecule has 0 unspecified atom stereocenters. The molecule has 1 rings (SSSR count). The van der Waals surface area contributed by atoms with E-state index in [1.165, 1.54) is 0 Å². The van der Waals surface area contributed by atoms with Gasteiger partial charge in [-0.05, 0) is 18.6 Å². The zero-order valence-corrected chi connectivity index (χ0v) is 14.5. The van der Waals surface area contributed by atoms with Crippen molar-refractivity contribution in [2.24, 2.45) is 5.41 Å². The maximum absolute atomic E-state index is 11.9. The summed E-state index contributed by atoms with van der Waals surface area (Å²) in [5.74, 6) is 1.04. The van der Waals surface area contributed by atoms with Crippen molar-refractivity contribution in [3.63, 3.8) is 0 Å². The van der Waals surface area contributed by atoms with E-state index in [0.717, 1.165) is 0 Å². The molecule has 0 heterocycles. The summed E-state index contributed by atoms with van der Waals surface area (Å²) in [5, 5.41) is 5.62. The predicted molar refractivity (Wildman–Crippen MR) is 89.9 cm³/mol. The second-order valence-electron chi connectivity index (χ2n) is 6.23. The van der Waals surface area contributed by atoms with E-state index in [1.807, 2.05) is 20.8 Å². The van der Waals surface area contributed by atoms with Gasteiger partial charge in [0, 0.05) is 30.1 Å². The van der Waals surface area contributed by atoms with E-state index in [0.29, 0.717) is 36.6 Å². The highest BCUT2D eigenvalue weighted by atomic mass is 16.5. The average Bonchev–Trinajstić information content (AvgIpc) is 2.50. The van der Waals surface area contributed by atoms with Gasteiger partial charge in [0.25, 0.3) is 0 Å². The monoisotopic (exact) mass is 322 g/mol. The second-order valence-corrected chi connectivity index (χ2v) is 6.23. The van der Waals surface area contributed by atoms with Gasteiger partial charge in [-0.3, -0.25) is 9.59 Å². The molecule has 0 aromatic heterocycles. The molecule has 0 aliphatic rings. The highest BCUT2D eigenvalue weighted by molar-refractivity contribution is 5.91. The number of methoxy groups -OCH3 is 2. The Labute approximate surface area is 137 Å². The fourth-order valence-corrected chi connectivity index (χ4v) is 1.85. The van der Waals surface area contributed by atoms with Gasteiger partial charge in [-0.2, -0.15) is 0 Å². The minimum Gasteiger partial charge on any atom is -0.493 e. The number of hydrogen-bond acceptors (Lipinski definition) is 4. The fourth-order valence-electron chi connectivity index (χ4n) is 1.85. The Kier molecular flexibility index (Phi) is 6.88. The first-order valence-electron chi connectivity index (χ1n) is 7.58. The third kappa shape index (κ3) is 6.18. The quantitative estimate of drug-likeness (QED) is 0.757. The zero-order valence-electron chi connectivity index (χ0n) is 14.5. The van der Waals surface area contributed by atoms with Crippen LogP contribution in [-0.4, -0.2) is 32.6 Å². The number of anilines is 1. The Hall–Kier alpha value is -2.24. The number of benzene rings is 1. The molecule has 2 amide bonds. The van der Waals surface area contributed by atoms with Crippen molar-refractivity contribution >= 4 is 17.5 Å². The lowest BCUT2D eigenvalue weighted by atomic mass is 9.96. The minimum atomic E-state index is -0.415. The molecule has 0 spiro atoms. The van der Waals surface area contributed by atoms with E-state index in [2.05, 4.69) is 10.6 Å². The molecule has 23 heavy (non-hydrogen) atoms. The van der Waals surface area contributed by atoms with E-state index in [4.69, 9.17) is 9.47 Å². The van der Waals surface area contributed by atoms with Crippen LogP contribution in [0.4, 0.5) is 5.69 Å². The van der Waals surface area contributed by atoms with Gasteiger partial charge >= 0.3 is 0 Å². The third-order valence-electron chi connectivity index (χ3n) is 3.21. The maximum atomic E-state index is 11.9. The number of carbonyl (C=O) groups excluding carboxylic acids is 2. The normalized spacial score (nSPS) is 10.8. The SMILES string of the molecule is COc1ccc(NC(=O)CCCNC(=O)C(C)(C)C)cc1OC. The first-order chi connectivity index (χ1) is 10.8. The summed E-state index contributed by atoms with van der Waals surface area (Å²) in [6.07, 6.45) is 0.916. The van der Waals surface area contributed by atoms with Gasteiger partial charge in [0.05, 0.1) is 14.2 Å². The Morgan fingerprint density at radius 2 is 1.74 bits per heavy atom. The molecule has 6 nitrogen and oxygen atoms in total. The first-order valence-corrected chi connectivity index (χ1v) is 7.58. The average molecular weight is 322 g/mol. The van der Waals surface area contributed by atoms with Gasteiger partial charge < -0.3 is 20.1 Å². The van der Waals surface area contributed by atoms with Gasteiger partial charge in [-0.15, -0.1) is 0 Å². The van der Waals surface area contributed by atoms with Crippen LogP contribution in [0.2, 0.25) is 0 Å². The van der Waals surface area contributed by atoms with Crippen LogP contribution in [0.5, 0.6) is 11.5 Å². The van der Waals surface area contributed by atoms with Crippen molar-refractivity contribution in [1.82, 2.24) is 5.32 Å². The molecule has 0 saturated heterocycles. The topological polar surface area (TPSA) is 76.7 Å². The molecule has 6 heteroatoms. The van der Waals surface area contributed by atoms with Crippen molar-refractivity contribution in [2.45, 2.75) is 33.6 Å². The van der Waals surface area contributed by atoms with Crippen LogP contribution in [0.25, 0.3) is 0 Å². The molecule has 0 bridgehead atoms. The van der Waals surface area contributed by atoms with E-state index in [-0.39, 0.29) is 11.8 Å². The lowest BCUT2D eigenvalue weighted by molar-refractivity contribution is -0.128. The number of rotatable bonds is 7. The number of carbonyl (C=O) groups is 2. The van der Waals surface area contributed by atoms with Crippen molar-refractivity contribution < 1.29 is 19.1 Å². The zero-order chi connectivity index (χ0) is 17.5. The largest absolute Gasteiger partial charge is 0.493 e. The van der Waals surface area contributed by atoms with Crippen molar-refractivity contribution in [3.8, 4) is 11.5 Å². The van der Waals surface area contributed by atoms with Crippen molar-refractivity contribution in [3.05, 3.63) is 18.2 Å². The van der Waals surface area contributed by atoms with Crippen LogP contribution in [0.15, 0.2) is 18.2 Å². The Morgan fingerprint density at radius 3 is 2.30 bits per heavy atom. The van der Waals surface area contributed by atoms with E-state index >= 15 is 0 Å². The standard InChI is InChI=1S/C17H26N2O4/c1-17(2,3)16(21)18-10-6-7-15(20)19-12-8-9-13(22-4)14(11-12)23-5/h8-9,11H,6-7,10H2,1-5H3,(H,18,21)(H,19,20). The van der Waals surface area contributed by atoms with Gasteiger partial charge in [0.2, 0.25) is 11.8 Å². The smallest absolute Gasteiger partial charge is 0.225 e. The van der Waals surface area contributed by atoms with Crippen LogP contribution < -0.4 is 20.1 Å². The Bertz CT molecular complexity index is 550. The molecule has 1 aromatic rings. The number of ether oxygens (including phenoxy) is 2. The second kappa shape index (κ2) is 8.41. The molecule has 1 aromatic carbocycles. The van der Waals surface area contributed by atoms with Crippen LogP contribution in [0.1, 0.15) is 33.6 Å². The molecule has 2 N–H and O–H groups in total. The molecule has 0 radical (unpaired) electrons. The molecule has 0 aliphatic heterocycles. The fraction of sp³-hybridized carbons (Fsp3) is 0.529. The van der Waals surface area contributed by atoms with Crippen molar-refractivity contribution in [2.75, 3.05) is 26.1 Å². The third-order valence-corrected chi connectivity index (χ3v) is 3.21. The van der Waals surface area contributed by atoms with E-state index < -0.39 is 5.41 Å². The number of hydrogen-bond donors (Lipinski definition) is 2. The lowest BCUT2D eigenvalue weighted by Crippen LogP contribution is -2.35. The summed E-state index contributed by atoms with van der Waals surface area (Å²) < 4.78 is 10.3. The van der Waals surface area contributed by atoms with Gasteiger partial charge in [-0.25, -0.2) is 0 Å². The summed E-state index contributed by atoms with van der Waals surface area (Å²) in [4.78, 5) is 23.6. The predicted octanol–water partition coefficient (Wildman–Crippen LogP) is 2.58. The van der Waals surface area contributed by atoms with E-state index in [9.17, 15) is 9.59 Å². The molecule has 0 saturated carbocycles. The molecule has 0 fully saturated rings. The van der Waals surface area contributed by atoms with Crippen molar-refractivity contribution in [1.29, 1.82) is 0 Å². The molecular formula is C17H26N2O4. The lowest BCUT2D eigenvalue weighted by Gasteiger charge is -2.17. The minimum absolute atomic E-state index is 0.0159. The van der Waals surface area contributed by atoms with Crippen LogP contribution >= 0.6 is 0 Å². The summed E-state index contributed by atoms with van der Waals surface area (Å²) in [5.41, 5.74) is 0.230. The van der Waals surface area contributed by atoms with Gasteiger partial charge in [-0.1, -0.05) is 20.8 Å². The molecule has 0 atom stereocenters. The molecular weight excluding hydrogens is 296 g/mol. The van der Waals surface area contributed by atoms with Gasteiger partial charge in [0.15, 0.2) is 11.5 Å². The van der Waals surface area contributed by atoms with Crippen LogP contribution in [0.3, 0.4) is 0 Å². The highest BCUT2D eigenvalue weighted by Crippen LogP contribution is 2.29. The van der Waals surface area contributed by atoms with Crippen LogP contribution in [0, 0.1) is 5.41 Å². The first kappa shape index (κ1) is 18.8. The molecule has 0 aliphatic carbocycles. The number of amides is 2. The summed E-state index contributed by atoms with van der Waals surface area (Å²) in [7, 11) is 3.10. The summed E-state index contributed by atoms with van der Waals surface area (Å²) in [6.45, 7) is 6.04. The summed E-state index contributed by atoms with van der Waals surface area (Å²) in [6, 6.07) is 5.19. The molecule has 128 valence electrons.